The van der Waals surface area contributed by atoms with E-state index in [0.717, 1.165) is 4.90 Å². The molecule has 0 fully saturated rings. The van der Waals surface area contributed by atoms with Crippen molar-refractivity contribution in [2.75, 3.05) is 0 Å². The predicted molar refractivity (Wildman–Crippen MR) is 70.1 cm³/mol. The van der Waals surface area contributed by atoms with E-state index in [0.29, 0.717) is 11.1 Å². The summed E-state index contributed by atoms with van der Waals surface area (Å²) in [7, 11) is 0. The Kier molecular flexibility index (Phi) is 3.82. The van der Waals surface area contributed by atoms with Crippen molar-refractivity contribution >= 4 is 24.2 Å². The maximum atomic E-state index is 12.1. The topological polar surface area (TPSA) is 102 Å². The van der Waals surface area contributed by atoms with Crippen molar-refractivity contribution in [1.82, 2.24) is 15.0 Å². The maximum Gasteiger partial charge on any atom is 0.261 e. The molecule has 3 rings (SSSR count). The van der Waals surface area contributed by atoms with Crippen LogP contribution in [-0.2, 0) is 13.1 Å². The van der Waals surface area contributed by atoms with Crippen LogP contribution < -0.4 is 5.73 Å². The highest BCUT2D eigenvalue weighted by molar-refractivity contribution is 6.21. The Bertz CT molecular complexity index is 635. The number of nitrogens with two attached hydrogens (primary N) is 1. The molecule has 0 unspecified atom stereocenters. The highest BCUT2D eigenvalue weighted by Crippen LogP contribution is 2.23. The van der Waals surface area contributed by atoms with Gasteiger partial charge in [-0.25, -0.2) is 0 Å². The number of aromatic nitrogens is 2. The molecule has 0 atom stereocenters. The number of halogens is 1. The first-order valence-electron chi connectivity index (χ1n) is 5.67. The van der Waals surface area contributed by atoms with Gasteiger partial charge in [0.05, 0.1) is 24.2 Å². The number of carbonyl (C=O) groups is 2. The van der Waals surface area contributed by atoms with E-state index in [2.05, 4.69) is 10.1 Å². The van der Waals surface area contributed by atoms with Gasteiger partial charge in [-0.3, -0.25) is 14.5 Å². The van der Waals surface area contributed by atoms with Crippen LogP contribution in [0.1, 0.15) is 32.4 Å². The standard InChI is InChI=1S/C12H10N4O3.ClH/c13-5-10-14-9(15-19-10)6-16-11(17)7-3-1-2-4-8(7)12(16)18;/h1-4H,5-6,13H2;1H. The Morgan fingerprint density at radius 1 is 1.15 bits per heavy atom. The molecule has 2 amide bonds. The summed E-state index contributed by atoms with van der Waals surface area (Å²) in [6.07, 6.45) is 0. The van der Waals surface area contributed by atoms with E-state index in [1.165, 1.54) is 0 Å². The van der Waals surface area contributed by atoms with Crippen molar-refractivity contribution < 1.29 is 14.1 Å². The number of hydrogen-bond acceptors (Lipinski definition) is 6. The summed E-state index contributed by atoms with van der Waals surface area (Å²) in [6.45, 7) is 0.102. The van der Waals surface area contributed by atoms with Gasteiger partial charge in [0.1, 0.15) is 0 Å². The normalized spacial score (nSPS) is 13.3. The van der Waals surface area contributed by atoms with Crippen LogP contribution in [0.5, 0.6) is 0 Å². The van der Waals surface area contributed by atoms with Crippen LogP contribution in [0.4, 0.5) is 0 Å². The lowest BCUT2D eigenvalue weighted by Gasteiger charge is -2.10. The van der Waals surface area contributed by atoms with E-state index in [4.69, 9.17) is 10.3 Å². The fourth-order valence-corrected chi connectivity index (χ4v) is 1.96. The highest BCUT2D eigenvalue weighted by Gasteiger charge is 2.35. The highest BCUT2D eigenvalue weighted by atomic mass is 35.5. The third-order valence-corrected chi connectivity index (χ3v) is 2.86. The minimum atomic E-state index is -0.348. The molecular formula is C12H11ClN4O3. The molecule has 0 bridgehead atoms. The molecule has 7 nitrogen and oxygen atoms in total. The molecule has 1 aliphatic rings. The smallest absolute Gasteiger partial charge is 0.261 e. The molecule has 20 heavy (non-hydrogen) atoms. The average Bonchev–Trinajstić information content (AvgIpc) is 2.99. The van der Waals surface area contributed by atoms with E-state index >= 15 is 0 Å². The largest absolute Gasteiger partial charge is 0.338 e. The van der Waals surface area contributed by atoms with Crippen LogP contribution in [0, 0.1) is 0 Å². The van der Waals surface area contributed by atoms with Crippen molar-refractivity contribution in [2.24, 2.45) is 5.73 Å². The molecular weight excluding hydrogens is 284 g/mol. The summed E-state index contributed by atoms with van der Waals surface area (Å²) >= 11 is 0. The number of imide groups is 1. The zero-order chi connectivity index (χ0) is 13.4. The molecule has 1 aliphatic heterocycles. The van der Waals surface area contributed by atoms with Gasteiger partial charge in [-0.05, 0) is 12.1 Å². The Morgan fingerprint density at radius 2 is 1.75 bits per heavy atom. The second-order valence-corrected chi connectivity index (χ2v) is 4.05. The molecule has 2 aromatic rings. The first-order valence-corrected chi connectivity index (χ1v) is 5.67. The summed E-state index contributed by atoms with van der Waals surface area (Å²) in [4.78, 5) is 29.2. The second-order valence-electron chi connectivity index (χ2n) is 4.05. The van der Waals surface area contributed by atoms with Crippen molar-refractivity contribution in [1.29, 1.82) is 0 Å². The van der Waals surface area contributed by atoms with Crippen LogP contribution in [0.3, 0.4) is 0 Å². The van der Waals surface area contributed by atoms with Crippen molar-refractivity contribution in [3.05, 3.63) is 47.1 Å². The monoisotopic (exact) mass is 294 g/mol. The van der Waals surface area contributed by atoms with Gasteiger partial charge in [-0.15, -0.1) is 12.4 Å². The van der Waals surface area contributed by atoms with Gasteiger partial charge < -0.3 is 10.3 Å². The summed E-state index contributed by atoms with van der Waals surface area (Å²) < 4.78 is 4.84. The number of rotatable bonds is 3. The van der Waals surface area contributed by atoms with Crippen LogP contribution in [0.25, 0.3) is 0 Å². The Balaban J connectivity index is 0.00000147. The molecule has 8 heteroatoms. The molecule has 1 aromatic carbocycles. The lowest BCUT2D eigenvalue weighted by atomic mass is 10.1. The predicted octanol–water partition coefficient (Wildman–Crippen LogP) is 0.746. The first-order chi connectivity index (χ1) is 9.20. The molecule has 2 heterocycles. The van der Waals surface area contributed by atoms with E-state index in [-0.39, 0.29) is 49.0 Å². The van der Waals surface area contributed by atoms with E-state index in [1.54, 1.807) is 24.3 Å². The van der Waals surface area contributed by atoms with Gasteiger partial charge in [0.25, 0.3) is 11.8 Å². The van der Waals surface area contributed by atoms with E-state index < -0.39 is 0 Å². The Hall–Kier alpha value is -2.25. The minimum Gasteiger partial charge on any atom is -0.338 e. The Labute approximate surface area is 120 Å². The summed E-state index contributed by atoms with van der Waals surface area (Å²) in [5, 5.41) is 3.67. The summed E-state index contributed by atoms with van der Waals surface area (Å²) in [5.74, 6) is -0.166. The molecule has 2 N–H and O–H groups in total. The van der Waals surface area contributed by atoms with Crippen LogP contribution in [0.2, 0.25) is 0 Å². The van der Waals surface area contributed by atoms with Gasteiger partial charge >= 0.3 is 0 Å². The number of fused-ring (bicyclic) bond motifs is 1. The van der Waals surface area contributed by atoms with Crippen LogP contribution in [-0.4, -0.2) is 26.9 Å². The third-order valence-electron chi connectivity index (χ3n) is 2.86. The van der Waals surface area contributed by atoms with Gasteiger partial charge in [-0.1, -0.05) is 17.3 Å². The van der Waals surface area contributed by atoms with Gasteiger partial charge in [0, 0.05) is 0 Å². The third kappa shape index (κ3) is 2.17. The zero-order valence-corrected chi connectivity index (χ0v) is 11.1. The molecule has 0 spiro atoms. The van der Waals surface area contributed by atoms with Gasteiger partial charge in [0.15, 0.2) is 5.82 Å². The molecule has 0 saturated heterocycles. The molecule has 0 aliphatic carbocycles. The number of nitrogens with zero attached hydrogens (tertiary/aromatic N) is 3. The van der Waals surface area contributed by atoms with Crippen molar-refractivity contribution in [3.63, 3.8) is 0 Å². The second kappa shape index (κ2) is 5.40. The summed E-state index contributed by atoms with van der Waals surface area (Å²) in [6, 6.07) is 6.68. The van der Waals surface area contributed by atoms with Crippen LogP contribution >= 0.6 is 12.4 Å². The van der Waals surface area contributed by atoms with Gasteiger partial charge in [0.2, 0.25) is 5.89 Å². The molecule has 104 valence electrons. The van der Waals surface area contributed by atoms with Crippen LogP contribution in [0.15, 0.2) is 28.8 Å². The molecule has 1 aromatic heterocycles. The number of hydrogen-bond donors (Lipinski definition) is 1. The maximum absolute atomic E-state index is 12.1. The van der Waals surface area contributed by atoms with E-state index in [1.807, 2.05) is 0 Å². The SMILES string of the molecule is Cl.NCc1nc(CN2C(=O)c3ccccc3C2=O)no1. The summed E-state index contributed by atoms with van der Waals surface area (Å²) in [5.41, 5.74) is 6.15. The quantitative estimate of drug-likeness (QED) is 0.838. The lowest BCUT2D eigenvalue weighted by molar-refractivity contribution is 0.0637. The lowest BCUT2D eigenvalue weighted by Crippen LogP contribution is -2.29. The van der Waals surface area contributed by atoms with Crippen molar-refractivity contribution in [2.45, 2.75) is 13.1 Å². The fourth-order valence-electron chi connectivity index (χ4n) is 1.96. The van der Waals surface area contributed by atoms with Gasteiger partial charge in [-0.2, -0.15) is 4.98 Å². The first kappa shape index (κ1) is 14.2. The van der Waals surface area contributed by atoms with Crippen molar-refractivity contribution in [3.8, 4) is 0 Å². The number of amides is 2. The average molecular weight is 295 g/mol. The van der Waals surface area contributed by atoms with E-state index in [9.17, 15) is 9.59 Å². The Morgan fingerprint density at radius 3 is 2.25 bits per heavy atom. The fraction of sp³-hybridized carbons (Fsp3) is 0.167. The molecule has 0 saturated carbocycles. The minimum absolute atomic E-state index is 0. The number of benzene rings is 1. The molecule has 0 radical (unpaired) electrons. The number of carbonyl (C=O) groups excluding carboxylic acids is 2. The zero-order valence-electron chi connectivity index (χ0n) is 10.3.